The Hall–Kier alpha value is -3.36. The number of fused-ring (bicyclic) bond motifs is 1. The number of hydrogen-bond acceptors (Lipinski definition) is 5. The number of thiophene rings is 1. The lowest BCUT2D eigenvalue weighted by Gasteiger charge is -2.36. The molecule has 2 aromatic heterocycles. The fourth-order valence-corrected chi connectivity index (χ4v) is 6.07. The number of rotatable bonds is 7. The van der Waals surface area contributed by atoms with Gasteiger partial charge in [0.15, 0.2) is 11.9 Å². The van der Waals surface area contributed by atoms with Crippen LogP contribution in [-0.2, 0) is 12.8 Å². The van der Waals surface area contributed by atoms with Gasteiger partial charge in [-0.1, -0.05) is 63.2 Å². The summed E-state index contributed by atoms with van der Waals surface area (Å²) in [4.78, 5) is 19.6. The first kappa shape index (κ1) is 26.3. The lowest BCUT2D eigenvalue weighted by molar-refractivity contribution is -0.552. The van der Waals surface area contributed by atoms with Crippen molar-refractivity contribution in [1.29, 1.82) is 0 Å². The highest BCUT2D eigenvalue weighted by Gasteiger charge is 2.42. The molecular formula is C30H33FN3O2SSi+. The fraction of sp³-hybridized carbons (Fsp3) is 0.300. The van der Waals surface area contributed by atoms with E-state index in [1.807, 2.05) is 47.8 Å². The standard InChI is InChI=1S/C30H32FN3O2SSi/c1-30(2,3)38(4,5)36-26-15-9-14-22(27(26)31)25-19-34-28(23(32-25)17-20-11-7-6-8-12-20)33-24(29(34)35)18-21-13-10-16-37-21/h6-16,19,24H,17-18H2,1-5H3/p+1. The average Bonchev–Trinajstić information content (AvgIpc) is 3.49. The van der Waals surface area contributed by atoms with E-state index < -0.39 is 20.2 Å². The molecule has 196 valence electrons. The monoisotopic (exact) mass is 546 g/mol. The number of nitrogens with one attached hydrogen (secondary N) is 1. The third-order valence-electron chi connectivity index (χ3n) is 7.48. The van der Waals surface area contributed by atoms with Crippen LogP contribution in [0.1, 0.15) is 41.7 Å². The summed E-state index contributed by atoms with van der Waals surface area (Å²) in [6.45, 7) is 10.6. The number of hydrogen-bond donors (Lipinski definition) is 1. The normalized spacial score (nSPS) is 15.3. The van der Waals surface area contributed by atoms with Gasteiger partial charge in [0.25, 0.3) is 8.32 Å². The van der Waals surface area contributed by atoms with Gasteiger partial charge in [0.1, 0.15) is 23.3 Å². The Bertz CT molecular complexity index is 1470. The topological polar surface area (TPSA) is 55.1 Å². The summed E-state index contributed by atoms with van der Waals surface area (Å²) >= 11 is 1.63. The van der Waals surface area contributed by atoms with E-state index in [0.29, 0.717) is 35.6 Å². The Labute approximate surface area is 228 Å². The first-order valence-electron chi connectivity index (χ1n) is 12.8. The predicted octanol–water partition coefficient (Wildman–Crippen LogP) is 6.89. The number of benzene rings is 2. The zero-order valence-electron chi connectivity index (χ0n) is 22.4. The molecule has 3 heterocycles. The molecule has 0 aliphatic carbocycles. The van der Waals surface area contributed by atoms with Gasteiger partial charge in [-0.25, -0.2) is 14.2 Å². The lowest BCUT2D eigenvalue weighted by atomic mass is 10.1. The zero-order valence-corrected chi connectivity index (χ0v) is 24.2. The summed E-state index contributed by atoms with van der Waals surface area (Å²) in [7, 11) is -2.26. The van der Waals surface area contributed by atoms with Crippen LogP contribution >= 0.6 is 11.3 Å². The molecule has 1 N–H and O–H groups in total. The summed E-state index contributed by atoms with van der Waals surface area (Å²) in [6, 6.07) is 18.8. The molecule has 0 spiro atoms. The number of aromatic nitrogens is 2. The molecule has 1 atom stereocenters. The van der Waals surface area contributed by atoms with Crippen LogP contribution in [-0.4, -0.2) is 25.3 Å². The van der Waals surface area contributed by atoms with Crippen LogP contribution in [0.25, 0.3) is 11.3 Å². The summed E-state index contributed by atoms with van der Waals surface area (Å²) in [5, 5.41) is 5.35. The fourth-order valence-electron chi connectivity index (χ4n) is 4.30. The maximum atomic E-state index is 16.0. The minimum absolute atomic E-state index is 0.0690. The molecule has 5 rings (SSSR count). The van der Waals surface area contributed by atoms with Crippen molar-refractivity contribution in [1.82, 2.24) is 4.98 Å². The summed E-state index contributed by atoms with van der Waals surface area (Å²) in [6.07, 6.45) is 2.75. The van der Waals surface area contributed by atoms with Crippen molar-refractivity contribution in [3.63, 3.8) is 0 Å². The maximum absolute atomic E-state index is 16.0. The Morgan fingerprint density at radius 2 is 1.84 bits per heavy atom. The number of carbonyl (C=O) groups excluding carboxylic acids is 1. The maximum Gasteiger partial charge on any atom is 0.359 e. The quantitative estimate of drug-likeness (QED) is 0.203. The van der Waals surface area contributed by atoms with Gasteiger partial charge in [-0.2, -0.15) is 4.57 Å². The molecule has 5 nitrogen and oxygen atoms in total. The molecule has 1 unspecified atom stereocenters. The lowest BCUT2D eigenvalue weighted by Crippen LogP contribution is -2.44. The van der Waals surface area contributed by atoms with Crippen LogP contribution in [0.5, 0.6) is 5.75 Å². The van der Waals surface area contributed by atoms with Crippen LogP contribution in [0, 0.1) is 5.82 Å². The largest absolute Gasteiger partial charge is 0.542 e. The van der Waals surface area contributed by atoms with E-state index in [9.17, 15) is 4.79 Å². The van der Waals surface area contributed by atoms with Crippen LogP contribution in [0.2, 0.25) is 18.1 Å². The van der Waals surface area contributed by atoms with Crippen molar-refractivity contribution >= 4 is 31.4 Å². The highest BCUT2D eigenvalue weighted by atomic mass is 32.1. The molecule has 0 radical (unpaired) electrons. The van der Waals surface area contributed by atoms with E-state index in [-0.39, 0.29) is 16.7 Å². The van der Waals surface area contributed by atoms with Crippen LogP contribution in [0.15, 0.2) is 72.2 Å². The first-order chi connectivity index (χ1) is 18.0. The van der Waals surface area contributed by atoms with Crippen molar-refractivity contribution in [3.8, 4) is 17.0 Å². The molecule has 1 aliphatic rings. The van der Waals surface area contributed by atoms with E-state index in [1.54, 1.807) is 40.3 Å². The number of carbonyl (C=O) groups is 1. The minimum atomic E-state index is -2.26. The Kier molecular flexibility index (Phi) is 6.96. The number of anilines is 1. The minimum Gasteiger partial charge on any atom is -0.542 e. The molecule has 0 fully saturated rings. The summed E-state index contributed by atoms with van der Waals surface area (Å²) < 4.78 is 23.9. The van der Waals surface area contributed by atoms with Crippen molar-refractivity contribution < 1.29 is 18.2 Å². The van der Waals surface area contributed by atoms with Gasteiger partial charge in [0.05, 0.1) is 0 Å². The molecule has 4 aromatic rings. The van der Waals surface area contributed by atoms with E-state index in [2.05, 4.69) is 39.2 Å². The molecule has 2 aromatic carbocycles. The Balaban J connectivity index is 1.57. The Morgan fingerprint density at radius 1 is 1.08 bits per heavy atom. The smallest absolute Gasteiger partial charge is 0.359 e. The summed E-state index contributed by atoms with van der Waals surface area (Å²) in [5.74, 6) is 0.370. The second-order valence-electron chi connectivity index (χ2n) is 11.3. The number of nitrogens with zero attached hydrogens (tertiary/aromatic N) is 2. The Morgan fingerprint density at radius 3 is 2.53 bits per heavy atom. The van der Waals surface area contributed by atoms with Crippen LogP contribution < -0.4 is 14.3 Å². The van der Waals surface area contributed by atoms with E-state index in [1.165, 1.54) is 0 Å². The molecule has 0 amide bonds. The highest BCUT2D eigenvalue weighted by molar-refractivity contribution is 7.09. The second kappa shape index (κ2) is 10.1. The van der Waals surface area contributed by atoms with E-state index in [0.717, 1.165) is 10.4 Å². The van der Waals surface area contributed by atoms with Gasteiger partial charge in [-0.3, -0.25) is 5.32 Å². The third kappa shape index (κ3) is 5.15. The van der Waals surface area contributed by atoms with Crippen molar-refractivity contribution in [2.45, 2.75) is 57.8 Å². The third-order valence-corrected chi connectivity index (χ3v) is 12.7. The highest BCUT2D eigenvalue weighted by Crippen LogP contribution is 2.39. The van der Waals surface area contributed by atoms with Crippen LogP contribution in [0.3, 0.4) is 0 Å². The van der Waals surface area contributed by atoms with Crippen LogP contribution in [0.4, 0.5) is 10.2 Å². The van der Waals surface area contributed by atoms with Crippen molar-refractivity contribution in [3.05, 3.63) is 94.2 Å². The van der Waals surface area contributed by atoms with E-state index >= 15 is 4.39 Å². The molecule has 8 heteroatoms. The molecule has 1 aliphatic heterocycles. The molecule has 0 saturated carbocycles. The van der Waals surface area contributed by atoms with Gasteiger partial charge in [-0.15, -0.1) is 11.3 Å². The molecule has 0 bridgehead atoms. The van der Waals surface area contributed by atoms with Crippen molar-refractivity contribution in [2.24, 2.45) is 0 Å². The average molecular weight is 547 g/mol. The van der Waals surface area contributed by atoms with E-state index in [4.69, 9.17) is 9.41 Å². The van der Waals surface area contributed by atoms with Crippen molar-refractivity contribution in [2.75, 3.05) is 5.32 Å². The predicted molar refractivity (Wildman–Crippen MR) is 153 cm³/mol. The number of halogens is 1. The molecular weight excluding hydrogens is 514 g/mol. The zero-order chi connectivity index (χ0) is 27.1. The summed E-state index contributed by atoms with van der Waals surface area (Å²) in [5.41, 5.74) is 2.49. The van der Waals surface area contributed by atoms with Gasteiger partial charge in [0.2, 0.25) is 0 Å². The van der Waals surface area contributed by atoms with Gasteiger partial charge < -0.3 is 4.43 Å². The molecule has 38 heavy (non-hydrogen) atoms. The first-order valence-corrected chi connectivity index (χ1v) is 16.6. The van der Waals surface area contributed by atoms with Gasteiger partial charge in [0, 0.05) is 23.3 Å². The van der Waals surface area contributed by atoms with Gasteiger partial charge >= 0.3 is 11.7 Å². The SMILES string of the molecule is CC(C)(C)[Si](C)(C)Oc1cccc(-c2c[n+]3c(c(Cc4ccccc4)n2)NC(Cc2cccs2)C3=O)c1F. The molecule has 0 saturated heterocycles. The van der Waals surface area contributed by atoms with Gasteiger partial charge in [-0.05, 0) is 47.3 Å². The second-order valence-corrected chi connectivity index (χ2v) is 17.0.